The van der Waals surface area contributed by atoms with Gasteiger partial charge in [-0.1, -0.05) is 18.2 Å². The molecule has 0 saturated carbocycles. The zero-order chi connectivity index (χ0) is 19.5. The van der Waals surface area contributed by atoms with Crippen LogP contribution in [0.2, 0.25) is 0 Å². The van der Waals surface area contributed by atoms with Gasteiger partial charge in [0, 0.05) is 10.9 Å². The number of amides is 1. The number of fused-ring (bicyclic) bond motifs is 1. The van der Waals surface area contributed by atoms with Crippen LogP contribution >= 0.6 is 11.3 Å². The van der Waals surface area contributed by atoms with Crippen molar-refractivity contribution in [2.24, 2.45) is 0 Å². The number of ether oxygens (including phenoxy) is 1. The molecule has 3 aromatic rings. The Kier molecular flexibility index (Phi) is 5.30. The zero-order valence-corrected chi connectivity index (χ0v) is 16.4. The minimum Gasteiger partial charge on any atom is -0.462 e. The average Bonchev–Trinajstić information content (AvgIpc) is 3.38. The smallest absolute Gasteiger partial charge is 0.341 e. The first kappa shape index (κ1) is 18.5. The SMILES string of the molecule is CCOC(=O)c1c(-c2ccc3c(c2)CCCC3)csc1NC(=O)c1ccco1. The maximum Gasteiger partial charge on any atom is 0.341 e. The number of esters is 1. The van der Waals surface area contributed by atoms with E-state index >= 15 is 0 Å². The van der Waals surface area contributed by atoms with Gasteiger partial charge in [0.15, 0.2) is 5.76 Å². The molecule has 0 spiro atoms. The van der Waals surface area contributed by atoms with Crippen LogP contribution in [0.4, 0.5) is 5.00 Å². The molecule has 5 nitrogen and oxygen atoms in total. The maximum atomic E-state index is 12.7. The molecule has 1 amide bonds. The van der Waals surface area contributed by atoms with Crippen LogP contribution in [-0.4, -0.2) is 18.5 Å². The van der Waals surface area contributed by atoms with Crippen molar-refractivity contribution in [1.29, 1.82) is 0 Å². The number of nitrogens with one attached hydrogen (secondary N) is 1. The Bertz CT molecular complexity index is 1000. The Labute approximate surface area is 167 Å². The van der Waals surface area contributed by atoms with Crippen LogP contribution in [0.5, 0.6) is 0 Å². The van der Waals surface area contributed by atoms with Crippen molar-refractivity contribution in [3.8, 4) is 11.1 Å². The number of carbonyl (C=O) groups is 2. The second-order valence-corrected chi connectivity index (χ2v) is 7.58. The van der Waals surface area contributed by atoms with Gasteiger partial charge in [0.1, 0.15) is 10.6 Å². The van der Waals surface area contributed by atoms with Gasteiger partial charge in [-0.2, -0.15) is 0 Å². The molecule has 1 N–H and O–H groups in total. The van der Waals surface area contributed by atoms with Crippen molar-refractivity contribution in [2.75, 3.05) is 11.9 Å². The summed E-state index contributed by atoms with van der Waals surface area (Å²) in [5.74, 6) is -0.640. The highest BCUT2D eigenvalue weighted by atomic mass is 32.1. The maximum absolute atomic E-state index is 12.7. The van der Waals surface area contributed by atoms with Crippen LogP contribution in [0.1, 0.15) is 51.8 Å². The van der Waals surface area contributed by atoms with Gasteiger partial charge in [0.05, 0.1) is 12.9 Å². The molecule has 0 fully saturated rings. The van der Waals surface area contributed by atoms with Crippen LogP contribution in [-0.2, 0) is 17.6 Å². The predicted molar refractivity (Wildman–Crippen MR) is 109 cm³/mol. The van der Waals surface area contributed by atoms with Crippen LogP contribution in [0, 0.1) is 0 Å². The topological polar surface area (TPSA) is 68.5 Å². The number of anilines is 1. The first-order valence-electron chi connectivity index (χ1n) is 9.43. The van der Waals surface area contributed by atoms with E-state index < -0.39 is 11.9 Å². The van der Waals surface area contributed by atoms with Crippen molar-refractivity contribution in [3.63, 3.8) is 0 Å². The molecule has 0 atom stereocenters. The third-order valence-corrected chi connectivity index (χ3v) is 5.80. The number of hydrogen-bond donors (Lipinski definition) is 1. The number of thiophene rings is 1. The van der Waals surface area contributed by atoms with E-state index in [4.69, 9.17) is 9.15 Å². The van der Waals surface area contributed by atoms with Crippen LogP contribution in [0.3, 0.4) is 0 Å². The van der Waals surface area contributed by atoms with E-state index in [0.29, 0.717) is 10.6 Å². The number of carbonyl (C=O) groups excluding carboxylic acids is 2. The Morgan fingerprint density at radius 3 is 2.75 bits per heavy atom. The van der Waals surface area contributed by atoms with Crippen LogP contribution < -0.4 is 5.32 Å². The molecule has 144 valence electrons. The van der Waals surface area contributed by atoms with Crippen LogP contribution in [0.15, 0.2) is 46.4 Å². The predicted octanol–water partition coefficient (Wildman–Crippen LogP) is 5.32. The molecule has 0 unspecified atom stereocenters. The van der Waals surface area contributed by atoms with Gasteiger partial charge < -0.3 is 14.5 Å². The lowest BCUT2D eigenvalue weighted by atomic mass is 9.89. The van der Waals surface area contributed by atoms with Gasteiger partial charge in [-0.3, -0.25) is 4.79 Å². The van der Waals surface area contributed by atoms with Crippen LogP contribution in [0.25, 0.3) is 11.1 Å². The summed E-state index contributed by atoms with van der Waals surface area (Å²) in [6.07, 6.45) is 6.02. The van der Waals surface area contributed by atoms with Gasteiger partial charge in [-0.05, 0) is 61.4 Å². The number of aryl methyl sites for hydroxylation is 2. The summed E-state index contributed by atoms with van der Waals surface area (Å²) >= 11 is 1.31. The molecule has 0 bridgehead atoms. The number of hydrogen-bond acceptors (Lipinski definition) is 5. The summed E-state index contributed by atoms with van der Waals surface area (Å²) in [6, 6.07) is 9.59. The molecular formula is C22H21NO4S. The summed E-state index contributed by atoms with van der Waals surface area (Å²) in [5, 5.41) is 5.15. The molecule has 4 rings (SSSR count). The number of furan rings is 1. The van der Waals surface area contributed by atoms with Crippen molar-refractivity contribution < 1.29 is 18.7 Å². The molecule has 2 heterocycles. The van der Waals surface area contributed by atoms with E-state index in [9.17, 15) is 9.59 Å². The molecule has 1 aliphatic carbocycles. The lowest BCUT2D eigenvalue weighted by molar-refractivity contribution is 0.0529. The largest absolute Gasteiger partial charge is 0.462 e. The summed E-state index contributed by atoms with van der Waals surface area (Å²) < 4.78 is 10.4. The second kappa shape index (κ2) is 8.02. The number of benzene rings is 1. The van der Waals surface area contributed by atoms with E-state index in [2.05, 4.69) is 17.4 Å². The first-order chi connectivity index (χ1) is 13.7. The first-order valence-corrected chi connectivity index (χ1v) is 10.3. The molecular weight excluding hydrogens is 374 g/mol. The molecule has 0 aliphatic heterocycles. The van der Waals surface area contributed by atoms with Crippen molar-refractivity contribution in [3.05, 3.63) is 64.4 Å². The monoisotopic (exact) mass is 395 g/mol. The fourth-order valence-corrected chi connectivity index (χ4v) is 4.49. The van der Waals surface area contributed by atoms with E-state index in [-0.39, 0.29) is 12.4 Å². The summed E-state index contributed by atoms with van der Waals surface area (Å²) in [6.45, 7) is 2.04. The summed E-state index contributed by atoms with van der Waals surface area (Å²) in [5.41, 5.74) is 4.87. The fraction of sp³-hybridized carbons (Fsp3) is 0.273. The molecule has 28 heavy (non-hydrogen) atoms. The Morgan fingerprint density at radius 2 is 2.00 bits per heavy atom. The second-order valence-electron chi connectivity index (χ2n) is 6.70. The Hall–Kier alpha value is -2.86. The van der Waals surface area contributed by atoms with Gasteiger partial charge in [0.25, 0.3) is 5.91 Å². The highest BCUT2D eigenvalue weighted by molar-refractivity contribution is 7.15. The van der Waals surface area contributed by atoms with E-state index in [1.807, 2.05) is 11.4 Å². The normalized spacial score (nSPS) is 13.0. The Balaban J connectivity index is 1.72. The highest BCUT2D eigenvalue weighted by Crippen LogP contribution is 2.38. The summed E-state index contributed by atoms with van der Waals surface area (Å²) in [4.78, 5) is 25.1. The molecule has 0 radical (unpaired) electrons. The third kappa shape index (κ3) is 3.60. The minimum absolute atomic E-state index is 0.193. The van der Waals surface area contributed by atoms with Gasteiger partial charge in [0.2, 0.25) is 0 Å². The molecule has 1 aliphatic rings. The lowest BCUT2D eigenvalue weighted by Gasteiger charge is -2.17. The zero-order valence-electron chi connectivity index (χ0n) is 15.6. The minimum atomic E-state index is -0.439. The standard InChI is InChI=1S/C22H21NO4S/c1-2-26-22(25)19-17(16-10-9-14-6-3-4-7-15(14)12-16)13-28-21(19)23-20(24)18-8-5-11-27-18/h5,8-13H,2-4,6-7H2,1H3,(H,23,24). The van der Waals surface area contributed by atoms with Gasteiger partial charge >= 0.3 is 5.97 Å². The van der Waals surface area contributed by atoms with Crippen molar-refractivity contribution in [1.82, 2.24) is 0 Å². The molecule has 6 heteroatoms. The quantitative estimate of drug-likeness (QED) is 0.594. The Morgan fingerprint density at radius 1 is 1.18 bits per heavy atom. The van der Waals surface area contributed by atoms with Crippen molar-refractivity contribution >= 4 is 28.2 Å². The molecule has 2 aromatic heterocycles. The third-order valence-electron chi connectivity index (χ3n) is 4.90. The lowest BCUT2D eigenvalue weighted by Crippen LogP contribution is -2.14. The van der Waals surface area contributed by atoms with Gasteiger partial charge in [-0.25, -0.2) is 4.79 Å². The van der Waals surface area contributed by atoms with Crippen molar-refractivity contribution in [2.45, 2.75) is 32.6 Å². The molecule has 0 saturated heterocycles. The average molecular weight is 395 g/mol. The fourth-order valence-electron chi connectivity index (χ4n) is 3.54. The van der Waals surface area contributed by atoms with E-state index in [1.165, 1.54) is 41.6 Å². The van der Waals surface area contributed by atoms with Gasteiger partial charge in [-0.15, -0.1) is 11.3 Å². The van der Waals surface area contributed by atoms with E-state index in [0.717, 1.165) is 24.0 Å². The van der Waals surface area contributed by atoms with E-state index in [1.54, 1.807) is 19.1 Å². The molecule has 1 aromatic carbocycles. The highest BCUT2D eigenvalue weighted by Gasteiger charge is 2.24. The summed E-state index contributed by atoms with van der Waals surface area (Å²) in [7, 11) is 0. The number of rotatable bonds is 5.